The van der Waals surface area contributed by atoms with Gasteiger partial charge in [0, 0.05) is 5.56 Å². The van der Waals surface area contributed by atoms with E-state index in [-0.39, 0.29) is 5.82 Å². The zero-order valence-electron chi connectivity index (χ0n) is 9.51. The van der Waals surface area contributed by atoms with Crippen LogP contribution in [0, 0.1) is 5.82 Å². The Morgan fingerprint density at radius 2 is 2.17 bits per heavy atom. The van der Waals surface area contributed by atoms with Gasteiger partial charge < -0.3 is 4.74 Å². The van der Waals surface area contributed by atoms with Crippen molar-refractivity contribution in [1.82, 2.24) is 20.2 Å². The van der Waals surface area contributed by atoms with E-state index in [9.17, 15) is 4.39 Å². The van der Waals surface area contributed by atoms with E-state index in [1.54, 1.807) is 12.3 Å². The molecule has 0 saturated heterocycles. The number of rotatable bonds is 2. The molecule has 0 atom stereocenters. The van der Waals surface area contributed by atoms with E-state index in [1.165, 1.54) is 25.6 Å². The average Bonchev–Trinajstić information content (AvgIpc) is 2.86. The lowest BCUT2D eigenvalue weighted by atomic mass is 10.1. The molecular formula is C12H9FN4O. The van der Waals surface area contributed by atoms with Crippen molar-refractivity contribution >= 4 is 11.0 Å². The van der Waals surface area contributed by atoms with Gasteiger partial charge in [0.25, 0.3) is 0 Å². The number of benzene rings is 1. The normalized spacial score (nSPS) is 10.8. The second-order valence-corrected chi connectivity index (χ2v) is 3.70. The molecule has 2 heterocycles. The predicted molar refractivity (Wildman–Crippen MR) is 63.6 cm³/mol. The predicted octanol–water partition coefficient (Wildman–Crippen LogP) is 2.17. The molecule has 5 nitrogen and oxygen atoms in total. The van der Waals surface area contributed by atoms with Crippen LogP contribution < -0.4 is 4.74 Å². The maximum atomic E-state index is 13.4. The number of ether oxygens (including phenoxy) is 1. The number of H-pyrrole nitrogens is 1. The molecule has 3 aromatic rings. The average molecular weight is 244 g/mol. The summed E-state index contributed by atoms with van der Waals surface area (Å²) in [6.45, 7) is 0. The summed E-state index contributed by atoms with van der Waals surface area (Å²) in [5.41, 5.74) is 1.77. The van der Waals surface area contributed by atoms with Crippen molar-refractivity contribution in [3.63, 3.8) is 0 Å². The third-order valence-corrected chi connectivity index (χ3v) is 2.66. The van der Waals surface area contributed by atoms with Crippen LogP contribution in [0.3, 0.4) is 0 Å². The van der Waals surface area contributed by atoms with Gasteiger partial charge in [-0.25, -0.2) is 14.4 Å². The molecule has 0 aliphatic carbocycles. The Morgan fingerprint density at radius 1 is 1.28 bits per heavy atom. The van der Waals surface area contributed by atoms with Crippen molar-refractivity contribution in [2.75, 3.05) is 7.11 Å². The van der Waals surface area contributed by atoms with Gasteiger partial charge in [0.05, 0.1) is 24.4 Å². The van der Waals surface area contributed by atoms with Crippen molar-refractivity contribution < 1.29 is 9.13 Å². The minimum Gasteiger partial charge on any atom is -0.496 e. The highest BCUT2D eigenvalue weighted by molar-refractivity contribution is 5.91. The fourth-order valence-electron chi connectivity index (χ4n) is 1.84. The number of methoxy groups -OCH3 is 1. The molecule has 0 radical (unpaired) electrons. The maximum absolute atomic E-state index is 13.4. The Bertz CT molecular complexity index is 710. The second-order valence-electron chi connectivity index (χ2n) is 3.70. The van der Waals surface area contributed by atoms with E-state index in [0.29, 0.717) is 22.7 Å². The molecule has 2 aromatic heterocycles. The highest BCUT2D eigenvalue weighted by Gasteiger charge is 2.13. The quantitative estimate of drug-likeness (QED) is 0.750. The molecule has 0 unspecified atom stereocenters. The molecular weight excluding hydrogens is 235 g/mol. The number of nitrogens with one attached hydrogen (secondary N) is 1. The second kappa shape index (κ2) is 4.06. The maximum Gasteiger partial charge on any atom is 0.159 e. The third-order valence-electron chi connectivity index (χ3n) is 2.66. The van der Waals surface area contributed by atoms with E-state index < -0.39 is 0 Å². The number of hydrogen-bond acceptors (Lipinski definition) is 4. The molecule has 0 amide bonds. The third kappa shape index (κ3) is 1.58. The van der Waals surface area contributed by atoms with Crippen LogP contribution in [0.1, 0.15) is 0 Å². The Balaban J connectivity index is 2.31. The van der Waals surface area contributed by atoms with Gasteiger partial charge in [-0.3, -0.25) is 5.10 Å². The Hall–Kier alpha value is -2.50. The van der Waals surface area contributed by atoms with Crippen molar-refractivity contribution in [2.24, 2.45) is 0 Å². The van der Waals surface area contributed by atoms with Crippen LogP contribution in [0.2, 0.25) is 0 Å². The first kappa shape index (κ1) is 10.6. The van der Waals surface area contributed by atoms with Crippen LogP contribution in [0.15, 0.2) is 30.7 Å². The highest BCUT2D eigenvalue weighted by atomic mass is 19.1. The topological polar surface area (TPSA) is 63.7 Å². The Kier molecular flexibility index (Phi) is 2.40. The van der Waals surface area contributed by atoms with Gasteiger partial charge in [0.1, 0.15) is 17.9 Å². The minimum atomic E-state index is -0.346. The number of aromatic amines is 1. The van der Waals surface area contributed by atoms with Crippen LogP contribution in [0.5, 0.6) is 5.75 Å². The first-order valence-electron chi connectivity index (χ1n) is 5.27. The van der Waals surface area contributed by atoms with Crippen molar-refractivity contribution in [3.05, 3.63) is 36.5 Å². The summed E-state index contributed by atoms with van der Waals surface area (Å²) in [6, 6.07) is 4.29. The van der Waals surface area contributed by atoms with E-state index in [2.05, 4.69) is 20.2 Å². The zero-order chi connectivity index (χ0) is 12.5. The van der Waals surface area contributed by atoms with E-state index in [0.717, 1.165) is 5.39 Å². The molecule has 6 heteroatoms. The van der Waals surface area contributed by atoms with Crippen LogP contribution in [-0.2, 0) is 0 Å². The fraction of sp³-hybridized carbons (Fsp3) is 0.0833. The van der Waals surface area contributed by atoms with Gasteiger partial charge in [-0.1, -0.05) is 0 Å². The lowest BCUT2D eigenvalue weighted by Gasteiger charge is -2.08. The number of halogens is 1. The monoisotopic (exact) mass is 244 g/mol. The molecule has 3 rings (SSSR count). The summed E-state index contributed by atoms with van der Waals surface area (Å²) in [5.74, 6) is 0.207. The van der Waals surface area contributed by atoms with Gasteiger partial charge in [0.15, 0.2) is 5.65 Å². The first-order valence-corrected chi connectivity index (χ1v) is 5.27. The fourth-order valence-corrected chi connectivity index (χ4v) is 1.84. The first-order chi connectivity index (χ1) is 8.79. The van der Waals surface area contributed by atoms with E-state index in [1.807, 2.05) is 0 Å². The number of fused-ring (bicyclic) bond motifs is 1. The standard InChI is InChI=1S/C12H9FN4O/c1-18-10-3-2-7(13)4-8(10)11-9-5-16-17-12(9)15-6-14-11/h2-6H,1H3,(H,14,15,16,17). The molecule has 0 aliphatic heterocycles. The molecule has 90 valence electrons. The molecule has 1 N–H and O–H groups in total. The lowest BCUT2D eigenvalue weighted by molar-refractivity contribution is 0.415. The molecule has 0 aliphatic rings. The Morgan fingerprint density at radius 3 is 3.00 bits per heavy atom. The molecule has 18 heavy (non-hydrogen) atoms. The van der Waals surface area contributed by atoms with Crippen LogP contribution >= 0.6 is 0 Å². The van der Waals surface area contributed by atoms with Crippen molar-refractivity contribution in [2.45, 2.75) is 0 Å². The largest absolute Gasteiger partial charge is 0.496 e. The number of aromatic nitrogens is 4. The van der Waals surface area contributed by atoms with Crippen molar-refractivity contribution in [3.8, 4) is 17.0 Å². The smallest absolute Gasteiger partial charge is 0.159 e. The summed E-state index contributed by atoms with van der Waals surface area (Å²) in [7, 11) is 1.53. The lowest BCUT2D eigenvalue weighted by Crippen LogP contribution is -1.93. The Labute approximate surface area is 102 Å². The van der Waals surface area contributed by atoms with Gasteiger partial charge in [-0.15, -0.1) is 0 Å². The summed E-state index contributed by atoms with van der Waals surface area (Å²) < 4.78 is 18.6. The van der Waals surface area contributed by atoms with Crippen molar-refractivity contribution in [1.29, 1.82) is 0 Å². The number of nitrogens with zero attached hydrogens (tertiary/aromatic N) is 3. The van der Waals surface area contributed by atoms with Gasteiger partial charge in [-0.2, -0.15) is 5.10 Å². The van der Waals surface area contributed by atoms with Crippen LogP contribution in [0.4, 0.5) is 4.39 Å². The minimum absolute atomic E-state index is 0.346. The van der Waals surface area contributed by atoms with E-state index >= 15 is 0 Å². The summed E-state index contributed by atoms with van der Waals surface area (Å²) in [5, 5.41) is 7.37. The molecule has 0 fully saturated rings. The van der Waals surface area contributed by atoms with Gasteiger partial charge in [-0.05, 0) is 18.2 Å². The van der Waals surface area contributed by atoms with Gasteiger partial charge in [0.2, 0.25) is 0 Å². The SMILES string of the molecule is COc1ccc(F)cc1-c1ncnc2[nH]ncc12. The van der Waals surface area contributed by atoms with E-state index in [4.69, 9.17) is 4.74 Å². The van der Waals surface area contributed by atoms with Crippen LogP contribution in [-0.4, -0.2) is 27.3 Å². The summed E-state index contributed by atoms with van der Waals surface area (Å²) in [4.78, 5) is 8.22. The van der Waals surface area contributed by atoms with Gasteiger partial charge >= 0.3 is 0 Å². The molecule has 0 spiro atoms. The highest BCUT2D eigenvalue weighted by Crippen LogP contribution is 2.32. The summed E-state index contributed by atoms with van der Waals surface area (Å²) >= 11 is 0. The molecule has 0 saturated carbocycles. The number of hydrogen-bond donors (Lipinski definition) is 1. The van der Waals surface area contributed by atoms with Crippen LogP contribution in [0.25, 0.3) is 22.3 Å². The zero-order valence-corrected chi connectivity index (χ0v) is 9.51. The molecule has 1 aromatic carbocycles. The summed E-state index contributed by atoms with van der Waals surface area (Å²) in [6.07, 6.45) is 3.01. The molecule has 0 bridgehead atoms.